The number of carbonyl (C=O) groups excluding carboxylic acids is 2. The van der Waals surface area contributed by atoms with Crippen molar-refractivity contribution in [2.75, 3.05) is 4.90 Å². The second-order valence-electron chi connectivity index (χ2n) is 7.34. The maximum absolute atomic E-state index is 13.3. The summed E-state index contributed by atoms with van der Waals surface area (Å²) in [5.74, 6) is -0.959. The number of hydrogen-bond donors (Lipinski definition) is 0. The van der Waals surface area contributed by atoms with Gasteiger partial charge in [-0.1, -0.05) is 35.3 Å². The van der Waals surface area contributed by atoms with E-state index in [2.05, 4.69) is 0 Å². The van der Waals surface area contributed by atoms with Crippen LogP contribution in [0.1, 0.15) is 42.7 Å². The first-order chi connectivity index (χ1) is 14.2. The van der Waals surface area contributed by atoms with Crippen LogP contribution in [0.5, 0.6) is 0 Å². The van der Waals surface area contributed by atoms with Gasteiger partial charge in [0.15, 0.2) is 5.78 Å². The molecule has 0 fully saturated rings. The van der Waals surface area contributed by atoms with Crippen molar-refractivity contribution in [3.8, 4) is 0 Å². The van der Waals surface area contributed by atoms with Crippen molar-refractivity contribution in [3.63, 3.8) is 0 Å². The molecule has 1 amide bonds. The van der Waals surface area contributed by atoms with Crippen LogP contribution < -0.4 is 4.90 Å². The molecular weight excluding hydrogens is 438 g/mol. The van der Waals surface area contributed by atoms with E-state index in [0.717, 1.165) is 23.8 Å². The van der Waals surface area contributed by atoms with Gasteiger partial charge in [0.2, 0.25) is 5.91 Å². The SMILES string of the molecule is O=C1CCCC2=C1C(c1ccc(Cl)cc1)CC(=O)N2c1cc(C(F)(F)F)ccc1Cl. The average Bonchev–Trinajstić information content (AvgIpc) is 2.68. The molecule has 1 aliphatic heterocycles. The first-order valence-corrected chi connectivity index (χ1v) is 10.1. The number of allylic oxidation sites excluding steroid dienone is 2. The highest BCUT2D eigenvalue weighted by atomic mass is 35.5. The van der Waals surface area contributed by atoms with Crippen LogP contribution in [0.25, 0.3) is 0 Å². The molecule has 8 heteroatoms. The summed E-state index contributed by atoms with van der Waals surface area (Å²) in [4.78, 5) is 27.2. The quantitative estimate of drug-likeness (QED) is 0.517. The fourth-order valence-corrected chi connectivity index (χ4v) is 4.44. The van der Waals surface area contributed by atoms with Crippen molar-refractivity contribution in [1.82, 2.24) is 0 Å². The van der Waals surface area contributed by atoms with Gasteiger partial charge in [-0.25, -0.2) is 0 Å². The Morgan fingerprint density at radius 2 is 1.67 bits per heavy atom. The number of benzene rings is 2. The summed E-state index contributed by atoms with van der Waals surface area (Å²) >= 11 is 12.2. The minimum Gasteiger partial charge on any atom is -0.294 e. The van der Waals surface area contributed by atoms with Crippen molar-refractivity contribution in [2.45, 2.75) is 37.8 Å². The van der Waals surface area contributed by atoms with Gasteiger partial charge in [-0.15, -0.1) is 0 Å². The standard InChI is InChI=1S/C22H16Cl2F3NO2/c23-14-7-4-12(5-8-14)15-11-20(30)28(17-2-1-3-19(29)21(15)17)18-10-13(22(25,26)27)6-9-16(18)24/h4-10,15H,1-3,11H2. The minimum atomic E-state index is -4.58. The van der Waals surface area contributed by atoms with E-state index in [4.69, 9.17) is 23.2 Å². The van der Waals surface area contributed by atoms with E-state index in [1.807, 2.05) is 0 Å². The van der Waals surface area contributed by atoms with Crippen LogP contribution in [0.3, 0.4) is 0 Å². The topological polar surface area (TPSA) is 37.4 Å². The molecule has 0 bridgehead atoms. The van der Waals surface area contributed by atoms with Crippen molar-refractivity contribution in [1.29, 1.82) is 0 Å². The number of halogens is 5. The molecule has 1 heterocycles. The number of alkyl halides is 3. The molecule has 3 nitrogen and oxygen atoms in total. The summed E-state index contributed by atoms with van der Waals surface area (Å²) < 4.78 is 39.8. The predicted molar refractivity (Wildman–Crippen MR) is 109 cm³/mol. The van der Waals surface area contributed by atoms with E-state index in [0.29, 0.717) is 35.6 Å². The molecule has 1 aliphatic carbocycles. The first kappa shape index (κ1) is 20.9. The highest BCUT2D eigenvalue weighted by molar-refractivity contribution is 6.34. The number of hydrogen-bond acceptors (Lipinski definition) is 2. The molecule has 0 saturated carbocycles. The van der Waals surface area contributed by atoms with E-state index in [9.17, 15) is 22.8 Å². The molecule has 0 aromatic heterocycles. The molecule has 0 saturated heterocycles. The fourth-order valence-electron chi connectivity index (χ4n) is 4.11. The number of Topliss-reactive ketones (excluding diaryl/α,β-unsaturated/α-hetero) is 1. The predicted octanol–water partition coefficient (Wildman–Crippen LogP) is 6.54. The monoisotopic (exact) mass is 453 g/mol. The molecule has 156 valence electrons. The second kappa shape index (κ2) is 7.75. The lowest BCUT2D eigenvalue weighted by molar-refractivity contribution is -0.137. The molecule has 2 aromatic carbocycles. The second-order valence-corrected chi connectivity index (χ2v) is 8.18. The molecule has 1 unspecified atom stereocenters. The number of amides is 1. The van der Waals surface area contributed by atoms with Gasteiger partial charge in [-0.05, 0) is 48.7 Å². The van der Waals surface area contributed by atoms with Gasteiger partial charge in [0.25, 0.3) is 0 Å². The molecule has 30 heavy (non-hydrogen) atoms. The normalized spacial score (nSPS) is 19.9. The Hall–Kier alpha value is -2.31. The third-order valence-corrected chi connectivity index (χ3v) is 6.03. The third kappa shape index (κ3) is 3.74. The maximum Gasteiger partial charge on any atom is 0.416 e. The van der Waals surface area contributed by atoms with Gasteiger partial charge >= 0.3 is 6.18 Å². The van der Waals surface area contributed by atoms with Gasteiger partial charge in [-0.3, -0.25) is 14.5 Å². The summed E-state index contributed by atoms with van der Waals surface area (Å²) in [6, 6.07) is 9.77. The van der Waals surface area contributed by atoms with Gasteiger partial charge in [0, 0.05) is 35.1 Å². The van der Waals surface area contributed by atoms with Crippen LogP contribution in [0.4, 0.5) is 18.9 Å². The van der Waals surface area contributed by atoms with Crippen molar-refractivity contribution >= 4 is 40.6 Å². The van der Waals surface area contributed by atoms with E-state index in [1.165, 1.54) is 4.90 Å². The Bertz CT molecular complexity index is 1060. The lowest BCUT2D eigenvalue weighted by atomic mass is 9.77. The summed E-state index contributed by atoms with van der Waals surface area (Å²) in [5.41, 5.74) is 0.720. The lowest BCUT2D eigenvalue weighted by Crippen LogP contribution is -2.40. The number of rotatable bonds is 2. The van der Waals surface area contributed by atoms with Crippen molar-refractivity contribution in [2.24, 2.45) is 0 Å². The van der Waals surface area contributed by atoms with Crippen LogP contribution in [0.2, 0.25) is 10.0 Å². The van der Waals surface area contributed by atoms with Crippen LogP contribution in [-0.4, -0.2) is 11.7 Å². The summed E-state index contributed by atoms with van der Waals surface area (Å²) in [6.07, 6.45) is -3.36. The minimum absolute atomic E-state index is 0.0196. The molecule has 0 N–H and O–H groups in total. The molecule has 2 aromatic rings. The number of anilines is 1. The van der Waals surface area contributed by atoms with Gasteiger partial charge in [0.05, 0.1) is 16.3 Å². The van der Waals surface area contributed by atoms with Gasteiger partial charge in [-0.2, -0.15) is 13.2 Å². The maximum atomic E-state index is 13.3. The zero-order valence-electron chi connectivity index (χ0n) is 15.6. The molecule has 2 aliphatic rings. The summed E-state index contributed by atoms with van der Waals surface area (Å²) in [5, 5.41) is 0.550. The third-order valence-electron chi connectivity index (χ3n) is 5.46. The van der Waals surface area contributed by atoms with E-state index in [-0.39, 0.29) is 22.9 Å². The molecular formula is C22H16Cl2F3NO2. The Morgan fingerprint density at radius 3 is 2.33 bits per heavy atom. The lowest BCUT2D eigenvalue weighted by Gasteiger charge is -2.38. The Morgan fingerprint density at radius 1 is 0.967 bits per heavy atom. The van der Waals surface area contributed by atoms with Crippen LogP contribution >= 0.6 is 23.2 Å². The van der Waals surface area contributed by atoms with Crippen molar-refractivity contribution in [3.05, 3.63) is 74.9 Å². The van der Waals surface area contributed by atoms with Crippen molar-refractivity contribution < 1.29 is 22.8 Å². The molecule has 0 radical (unpaired) electrons. The Balaban J connectivity index is 1.88. The molecule has 0 spiro atoms. The van der Waals surface area contributed by atoms with E-state index in [1.54, 1.807) is 24.3 Å². The van der Waals surface area contributed by atoms with Crippen LogP contribution in [0.15, 0.2) is 53.7 Å². The first-order valence-electron chi connectivity index (χ1n) is 9.38. The Kier molecular flexibility index (Phi) is 5.41. The summed E-state index contributed by atoms with van der Waals surface area (Å²) in [7, 11) is 0. The number of ketones is 1. The summed E-state index contributed by atoms with van der Waals surface area (Å²) in [6.45, 7) is 0. The van der Waals surface area contributed by atoms with Gasteiger partial charge < -0.3 is 0 Å². The smallest absolute Gasteiger partial charge is 0.294 e. The Labute approximate surface area is 181 Å². The number of nitrogens with zero attached hydrogens (tertiary/aromatic N) is 1. The number of carbonyl (C=O) groups is 2. The van der Waals surface area contributed by atoms with E-state index < -0.39 is 23.6 Å². The highest BCUT2D eigenvalue weighted by Gasteiger charge is 2.41. The fraction of sp³-hybridized carbons (Fsp3) is 0.273. The zero-order chi connectivity index (χ0) is 21.6. The largest absolute Gasteiger partial charge is 0.416 e. The van der Waals surface area contributed by atoms with Gasteiger partial charge in [0.1, 0.15) is 0 Å². The highest BCUT2D eigenvalue weighted by Crippen LogP contribution is 2.46. The average molecular weight is 454 g/mol. The van der Waals surface area contributed by atoms with Crippen LogP contribution in [-0.2, 0) is 15.8 Å². The zero-order valence-corrected chi connectivity index (χ0v) is 17.1. The molecule has 1 atom stereocenters. The van der Waals surface area contributed by atoms with Crippen LogP contribution in [0, 0.1) is 0 Å². The van der Waals surface area contributed by atoms with E-state index >= 15 is 0 Å². The molecule has 4 rings (SSSR count).